The molecule has 0 spiro atoms. The zero-order valence-electron chi connectivity index (χ0n) is 13.6. The van der Waals surface area contributed by atoms with Gasteiger partial charge in [0.2, 0.25) is 0 Å². The summed E-state index contributed by atoms with van der Waals surface area (Å²) >= 11 is 0. The molecule has 0 amide bonds. The number of benzene rings is 2. The third-order valence-electron chi connectivity index (χ3n) is 4.45. The lowest BCUT2D eigenvalue weighted by Crippen LogP contribution is -1.95. The Kier molecular flexibility index (Phi) is 3.19. The molecule has 2 heteroatoms. The van der Waals surface area contributed by atoms with Crippen molar-refractivity contribution in [1.82, 2.24) is 4.98 Å². The first-order valence-corrected chi connectivity index (χ1v) is 8.02. The van der Waals surface area contributed by atoms with Crippen LogP contribution in [-0.2, 0) is 0 Å². The van der Waals surface area contributed by atoms with Crippen LogP contribution in [-0.4, -0.2) is 4.98 Å². The number of aryl methyl sites for hydroxylation is 1. The number of para-hydroxylation sites is 2. The maximum Gasteiger partial charge on any atom is 0.144 e. The number of hydrogen-bond acceptors (Lipinski definition) is 2. The SMILES string of the molecule is Cc1cnc(-c2cccc3c2oc2ccccc23)cc1C(C)C. The van der Waals surface area contributed by atoms with Gasteiger partial charge in [0.15, 0.2) is 0 Å². The molecule has 0 saturated heterocycles. The van der Waals surface area contributed by atoms with Gasteiger partial charge in [-0.25, -0.2) is 0 Å². The number of rotatable bonds is 2. The van der Waals surface area contributed by atoms with Crippen molar-refractivity contribution < 1.29 is 4.42 Å². The fraction of sp³-hybridized carbons (Fsp3) is 0.190. The number of furan rings is 1. The van der Waals surface area contributed by atoms with Crippen LogP contribution in [0.3, 0.4) is 0 Å². The Morgan fingerprint density at radius 3 is 2.57 bits per heavy atom. The van der Waals surface area contributed by atoms with E-state index in [1.54, 1.807) is 0 Å². The van der Waals surface area contributed by atoms with Gasteiger partial charge in [-0.05, 0) is 42.2 Å². The van der Waals surface area contributed by atoms with E-state index in [9.17, 15) is 0 Å². The van der Waals surface area contributed by atoms with Gasteiger partial charge in [-0.2, -0.15) is 0 Å². The summed E-state index contributed by atoms with van der Waals surface area (Å²) in [6.07, 6.45) is 1.96. The molecule has 0 N–H and O–H groups in total. The molecule has 23 heavy (non-hydrogen) atoms. The van der Waals surface area contributed by atoms with Crippen LogP contribution in [0.1, 0.15) is 30.9 Å². The van der Waals surface area contributed by atoms with Crippen molar-refractivity contribution >= 4 is 21.9 Å². The second-order valence-corrected chi connectivity index (χ2v) is 6.36. The number of fused-ring (bicyclic) bond motifs is 3. The van der Waals surface area contributed by atoms with E-state index >= 15 is 0 Å². The van der Waals surface area contributed by atoms with Crippen molar-refractivity contribution in [2.24, 2.45) is 0 Å². The quantitative estimate of drug-likeness (QED) is 0.448. The van der Waals surface area contributed by atoms with E-state index in [4.69, 9.17) is 4.42 Å². The minimum Gasteiger partial charge on any atom is -0.455 e. The van der Waals surface area contributed by atoms with E-state index in [-0.39, 0.29) is 0 Å². The second kappa shape index (κ2) is 5.24. The van der Waals surface area contributed by atoms with Crippen LogP contribution < -0.4 is 0 Å². The zero-order valence-corrected chi connectivity index (χ0v) is 13.6. The second-order valence-electron chi connectivity index (χ2n) is 6.36. The van der Waals surface area contributed by atoms with Gasteiger partial charge in [-0.1, -0.05) is 44.2 Å². The molecule has 2 heterocycles. The lowest BCUT2D eigenvalue weighted by atomic mass is 9.97. The van der Waals surface area contributed by atoms with Crippen molar-refractivity contribution in [1.29, 1.82) is 0 Å². The highest BCUT2D eigenvalue weighted by molar-refractivity contribution is 6.09. The van der Waals surface area contributed by atoms with Gasteiger partial charge < -0.3 is 4.42 Å². The van der Waals surface area contributed by atoms with Crippen LogP contribution in [0.5, 0.6) is 0 Å². The van der Waals surface area contributed by atoms with Crippen molar-refractivity contribution in [3.05, 3.63) is 65.9 Å². The lowest BCUT2D eigenvalue weighted by Gasteiger charge is -2.11. The predicted octanol–water partition coefficient (Wildman–Crippen LogP) is 6.08. The Labute approximate surface area is 135 Å². The highest BCUT2D eigenvalue weighted by atomic mass is 16.3. The van der Waals surface area contributed by atoms with Crippen LogP contribution in [0.2, 0.25) is 0 Å². The molecule has 0 bridgehead atoms. The van der Waals surface area contributed by atoms with Gasteiger partial charge >= 0.3 is 0 Å². The Bertz CT molecular complexity index is 1010. The molecule has 0 aliphatic carbocycles. The lowest BCUT2D eigenvalue weighted by molar-refractivity contribution is 0.670. The topological polar surface area (TPSA) is 26.0 Å². The Morgan fingerprint density at radius 2 is 1.74 bits per heavy atom. The van der Waals surface area contributed by atoms with Gasteiger partial charge in [0, 0.05) is 22.5 Å². The number of pyridine rings is 1. The number of nitrogens with zero attached hydrogens (tertiary/aromatic N) is 1. The molecule has 2 aromatic heterocycles. The molecule has 0 radical (unpaired) electrons. The molecule has 4 rings (SSSR count). The fourth-order valence-electron chi connectivity index (χ4n) is 3.26. The predicted molar refractivity (Wildman–Crippen MR) is 95.8 cm³/mol. The van der Waals surface area contributed by atoms with E-state index in [0.717, 1.165) is 33.2 Å². The largest absolute Gasteiger partial charge is 0.455 e. The molecule has 4 aromatic rings. The van der Waals surface area contributed by atoms with E-state index in [1.807, 2.05) is 24.4 Å². The molecular weight excluding hydrogens is 282 g/mol. The highest BCUT2D eigenvalue weighted by Crippen LogP contribution is 2.35. The van der Waals surface area contributed by atoms with Crippen molar-refractivity contribution in [3.63, 3.8) is 0 Å². The van der Waals surface area contributed by atoms with Crippen molar-refractivity contribution in [2.75, 3.05) is 0 Å². The first-order chi connectivity index (χ1) is 11.1. The monoisotopic (exact) mass is 301 g/mol. The zero-order chi connectivity index (χ0) is 16.0. The summed E-state index contributed by atoms with van der Waals surface area (Å²) in [7, 11) is 0. The van der Waals surface area contributed by atoms with Crippen LogP contribution in [0, 0.1) is 6.92 Å². The summed E-state index contributed by atoms with van der Waals surface area (Å²) in [5, 5.41) is 2.30. The Balaban J connectivity index is 2.01. The highest BCUT2D eigenvalue weighted by Gasteiger charge is 2.14. The summed E-state index contributed by atoms with van der Waals surface area (Å²) in [5.41, 5.74) is 6.44. The normalized spacial score (nSPS) is 11.7. The van der Waals surface area contributed by atoms with Crippen molar-refractivity contribution in [3.8, 4) is 11.3 Å². The summed E-state index contributed by atoms with van der Waals surface area (Å²) < 4.78 is 6.13. The van der Waals surface area contributed by atoms with E-state index in [0.29, 0.717) is 5.92 Å². The smallest absolute Gasteiger partial charge is 0.144 e. The molecule has 0 aliphatic heterocycles. The van der Waals surface area contributed by atoms with Crippen LogP contribution in [0.15, 0.2) is 59.1 Å². The molecule has 0 aliphatic rings. The first-order valence-electron chi connectivity index (χ1n) is 8.02. The Hall–Kier alpha value is -2.61. The third kappa shape index (κ3) is 2.22. The standard InChI is InChI=1S/C21H19NO/c1-13(2)18-11-19(22-12-14(18)3)17-9-6-8-16-15-7-4-5-10-20(15)23-21(16)17/h4-13H,1-3H3. The van der Waals surface area contributed by atoms with Gasteiger partial charge in [0.05, 0.1) is 5.69 Å². The maximum atomic E-state index is 6.13. The molecule has 0 fully saturated rings. The summed E-state index contributed by atoms with van der Waals surface area (Å²) in [6, 6.07) is 16.7. The molecule has 2 nitrogen and oxygen atoms in total. The summed E-state index contributed by atoms with van der Waals surface area (Å²) in [6.45, 7) is 6.55. The summed E-state index contributed by atoms with van der Waals surface area (Å²) in [4.78, 5) is 4.65. The van der Waals surface area contributed by atoms with Crippen molar-refractivity contribution in [2.45, 2.75) is 26.7 Å². The maximum absolute atomic E-state index is 6.13. The minimum atomic E-state index is 0.478. The van der Waals surface area contributed by atoms with Gasteiger partial charge in [0.25, 0.3) is 0 Å². The van der Waals surface area contributed by atoms with Crippen LogP contribution in [0.25, 0.3) is 33.2 Å². The molecule has 114 valence electrons. The van der Waals surface area contributed by atoms with Gasteiger partial charge in [-0.3, -0.25) is 4.98 Å². The first kappa shape index (κ1) is 14.0. The van der Waals surface area contributed by atoms with E-state index < -0.39 is 0 Å². The van der Waals surface area contributed by atoms with Gasteiger partial charge in [0.1, 0.15) is 11.2 Å². The summed E-state index contributed by atoms with van der Waals surface area (Å²) in [5.74, 6) is 0.478. The molecular formula is C21H19NO. The van der Waals surface area contributed by atoms with Crippen LogP contribution in [0.4, 0.5) is 0 Å². The number of hydrogen-bond donors (Lipinski definition) is 0. The molecule has 0 saturated carbocycles. The van der Waals surface area contributed by atoms with E-state index in [1.165, 1.54) is 11.1 Å². The van der Waals surface area contributed by atoms with Crippen LogP contribution >= 0.6 is 0 Å². The average molecular weight is 301 g/mol. The Morgan fingerprint density at radius 1 is 0.957 bits per heavy atom. The average Bonchev–Trinajstić information content (AvgIpc) is 2.94. The third-order valence-corrected chi connectivity index (χ3v) is 4.45. The van der Waals surface area contributed by atoms with Gasteiger partial charge in [-0.15, -0.1) is 0 Å². The van der Waals surface area contributed by atoms with E-state index in [2.05, 4.69) is 56.1 Å². The molecule has 2 aromatic carbocycles. The molecule has 0 unspecified atom stereocenters. The molecule has 0 atom stereocenters. The fourth-order valence-corrected chi connectivity index (χ4v) is 3.26. The minimum absolute atomic E-state index is 0.478. The number of aromatic nitrogens is 1.